The van der Waals surface area contributed by atoms with Gasteiger partial charge in [0.1, 0.15) is 16.6 Å². The lowest BCUT2D eigenvalue weighted by Crippen LogP contribution is -1.90. The maximum atomic E-state index is 4.33. The maximum absolute atomic E-state index is 4.33. The molecule has 0 unspecified atom stereocenters. The SMILES string of the molecule is CCc1c2nsnc2c(C)c2[nH]nnc12. The Morgan fingerprint density at radius 1 is 1.20 bits per heavy atom. The van der Waals surface area contributed by atoms with Gasteiger partial charge in [-0.05, 0) is 13.3 Å². The molecule has 1 N–H and O–H groups in total. The van der Waals surface area contributed by atoms with Gasteiger partial charge in [0.15, 0.2) is 0 Å². The third-order valence-electron chi connectivity index (χ3n) is 2.69. The Balaban J connectivity index is 2.64. The highest BCUT2D eigenvalue weighted by atomic mass is 32.1. The van der Waals surface area contributed by atoms with Crippen molar-refractivity contribution >= 4 is 33.8 Å². The second-order valence-electron chi connectivity index (χ2n) is 3.45. The van der Waals surface area contributed by atoms with E-state index in [1.807, 2.05) is 6.92 Å². The molecule has 0 saturated heterocycles. The van der Waals surface area contributed by atoms with Gasteiger partial charge in [0.05, 0.1) is 17.2 Å². The van der Waals surface area contributed by atoms with E-state index in [-0.39, 0.29) is 0 Å². The summed E-state index contributed by atoms with van der Waals surface area (Å²) < 4.78 is 8.64. The fourth-order valence-corrected chi connectivity index (χ4v) is 2.52. The van der Waals surface area contributed by atoms with Gasteiger partial charge in [0.25, 0.3) is 0 Å². The summed E-state index contributed by atoms with van der Waals surface area (Å²) in [5.74, 6) is 0. The number of rotatable bonds is 1. The minimum absolute atomic E-state index is 0.894. The number of nitrogens with zero attached hydrogens (tertiary/aromatic N) is 4. The van der Waals surface area contributed by atoms with Gasteiger partial charge in [-0.25, -0.2) is 0 Å². The first kappa shape index (κ1) is 8.72. The minimum atomic E-state index is 0.894. The molecule has 15 heavy (non-hydrogen) atoms. The number of nitrogens with one attached hydrogen (secondary N) is 1. The van der Waals surface area contributed by atoms with E-state index in [0.717, 1.165) is 39.6 Å². The van der Waals surface area contributed by atoms with Crippen LogP contribution in [0.2, 0.25) is 0 Å². The van der Waals surface area contributed by atoms with Crippen molar-refractivity contribution in [3.63, 3.8) is 0 Å². The van der Waals surface area contributed by atoms with E-state index in [9.17, 15) is 0 Å². The summed E-state index contributed by atoms with van der Waals surface area (Å²) in [5.41, 5.74) is 6.06. The molecule has 0 saturated carbocycles. The molecule has 0 radical (unpaired) electrons. The van der Waals surface area contributed by atoms with Crippen LogP contribution < -0.4 is 0 Å². The quantitative estimate of drug-likeness (QED) is 0.678. The van der Waals surface area contributed by atoms with Crippen molar-refractivity contribution in [2.45, 2.75) is 20.3 Å². The zero-order valence-corrected chi connectivity index (χ0v) is 9.22. The van der Waals surface area contributed by atoms with Crippen LogP contribution in [0.15, 0.2) is 0 Å². The fourth-order valence-electron chi connectivity index (χ4n) is 1.90. The summed E-state index contributed by atoms with van der Waals surface area (Å²) in [5, 5.41) is 10.9. The number of fused-ring (bicyclic) bond motifs is 2. The molecule has 76 valence electrons. The van der Waals surface area contributed by atoms with Crippen LogP contribution in [0.1, 0.15) is 18.1 Å². The first-order valence-electron chi connectivity index (χ1n) is 4.77. The monoisotopic (exact) mass is 219 g/mol. The number of benzene rings is 1. The molecule has 0 bridgehead atoms. The third kappa shape index (κ3) is 1.02. The van der Waals surface area contributed by atoms with Gasteiger partial charge in [-0.15, -0.1) is 5.10 Å². The van der Waals surface area contributed by atoms with Crippen molar-refractivity contribution in [1.82, 2.24) is 24.2 Å². The molecule has 0 fully saturated rings. The highest BCUT2D eigenvalue weighted by Gasteiger charge is 2.15. The Labute approximate surface area is 89.8 Å². The Bertz CT molecular complexity index is 587. The highest BCUT2D eigenvalue weighted by molar-refractivity contribution is 7.00. The Morgan fingerprint density at radius 2 is 2.00 bits per heavy atom. The van der Waals surface area contributed by atoms with Crippen molar-refractivity contribution in [3.8, 4) is 0 Å². The van der Waals surface area contributed by atoms with E-state index in [1.165, 1.54) is 11.7 Å². The summed E-state index contributed by atoms with van der Waals surface area (Å²) in [6, 6.07) is 0. The Morgan fingerprint density at radius 3 is 2.80 bits per heavy atom. The van der Waals surface area contributed by atoms with Crippen LogP contribution >= 0.6 is 11.7 Å². The molecule has 0 amide bonds. The fraction of sp³-hybridized carbons (Fsp3) is 0.333. The second-order valence-corrected chi connectivity index (χ2v) is 3.98. The standard InChI is InChI=1S/C9H9N5S/c1-3-5-8-6(10-14-11-8)4(2)7-9(5)13-15-12-7/h3H2,1-2H3,(H,10,11). The molecule has 6 heteroatoms. The first-order chi connectivity index (χ1) is 7.33. The number of aryl methyl sites for hydroxylation is 2. The van der Waals surface area contributed by atoms with Crippen molar-refractivity contribution in [1.29, 1.82) is 0 Å². The third-order valence-corrected chi connectivity index (χ3v) is 3.22. The number of hydrogen-bond acceptors (Lipinski definition) is 5. The number of hydrogen-bond donors (Lipinski definition) is 1. The lowest BCUT2D eigenvalue weighted by Gasteiger charge is -2.01. The molecule has 3 aromatic rings. The average molecular weight is 219 g/mol. The van der Waals surface area contributed by atoms with Crippen molar-refractivity contribution in [2.75, 3.05) is 0 Å². The topological polar surface area (TPSA) is 67.3 Å². The van der Waals surface area contributed by atoms with Gasteiger partial charge in [-0.1, -0.05) is 12.1 Å². The van der Waals surface area contributed by atoms with E-state index < -0.39 is 0 Å². The Hall–Kier alpha value is -1.56. The molecule has 0 aliphatic heterocycles. The summed E-state index contributed by atoms with van der Waals surface area (Å²) >= 11 is 1.25. The molecule has 3 rings (SSSR count). The molecule has 5 nitrogen and oxygen atoms in total. The summed E-state index contributed by atoms with van der Waals surface area (Å²) in [6.07, 6.45) is 0.894. The van der Waals surface area contributed by atoms with Gasteiger partial charge >= 0.3 is 0 Å². The van der Waals surface area contributed by atoms with Crippen molar-refractivity contribution < 1.29 is 0 Å². The number of aromatic amines is 1. The predicted molar refractivity (Wildman–Crippen MR) is 59.0 cm³/mol. The van der Waals surface area contributed by atoms with Crippen LogP contribution in [-0.4, -0.2) is 24.2 Å². The normalized spacial score (nSPS) is 11.6. The summed E-state index contributed by atoms with van der Waals surface area (Å²) in [4.78, 5) is 0. The molecule has 2 aromatic heterocycles. The lowest BCUT2D eigenvalue weighted by molar-refractivity contribution is 0.955. The number of H-pyrrole nitrogens is 1. The molecule has 0 spiro atoms. The van der Waals surface area contributed by atoms with E-state index >= 15 is 0 Å². The van der Waals surface area contributed by atoms with Gasteiger partial charge in [0.2, 0.25) is 0 Å². The maximum Gasteiger partial charge on any atom is 0.118 e. The van der Waals surface area contributed by atoms with Crippen LogP contribution in [0.3, 0.4) is 0 Å². The molecular formula is C9H9N5S. The predicted octanol–water partition coefficient (Wildman–Crippen LogP) is 1.83. The molecule has 0 aliphatic carbocycles. The largest absolute Gasteiger partial charge is 0.257 e. The zero-order chi connectivity index (χ0) is 10.4. The molecular weight excluding hydrogens is 210 g/mol. The minimum Gasteiger partial charge on any atom is -0.257 e. The zero-order valence-electron chi connectivity index (χ0n) is 8.40. The molecule has 2 heterocycles. The molecule has 0 atom stereocenters. The second kappa shape index (κ2) is 2.96. The van der Waals surface area contributed by atoms with Crippen LogP contribution in [0.5, 0.6) is 0 Å². The molecule has 1 aromatic carbocycles. The van der Waals surface area contributed by atoms with E-state index in [4.69, 9.17) is 0 Å². The van der Waals surface area contributed by atoms with Gasteiger partial charge in [0, 0.05) is 11.1 Å². The summed E-state index contributed by atoms with van der Waals surface area (Å²) in [6.45, 7) is 4.11. The average Bonchev–Trinajstić information content (AvgIpc) is 2.85. The van der Waals surface area contributed by atoms with Gasteiger partial charge in [-0.3, -0.25) is 5.10 Å². The van der Waals surface area contributed by atoms with Crippen molar-refractivity contribution in [3.05, 3.63) is 11.1 Å². The number of aromatic nitrogens is 5. The van der Waals surface area contributed by atoms with E-state index in [2.05, 4.69) is 31.1 Å². The smallest absolute Gasteiger partial charge is 0.118 e. The van der Waals surface area contributed by atoms with Crippen LogP contribution in [-0.2, 0) is 6.42 Å². The van der Waals surface area contributed by atoms with Crippen LogP contribution in [0.25, 0.3) is 22.1 Å². The first-order valence-corrected chi connectivity index (χ1v) is 5.50. The molecule has 0 aliphatic rings. The van der Waals surface area contributed by atoms with Gasteiger partial charge < -0.3 is 0 Å². The summed E-state index contributed by atoms with van der Waals surface area (Å²) in [7, 11) is 0. The Kier molecular flexibility index (Phi) is 1.72. The van der Waals surface area contributed by atoms with Gasteiger partial charge in [-0.2, -0.15) is 8.75 Å². The lowest BCUT2D eigenvalue weighted by atomic mass is 10.0. The van der Waals surface area contributed by atoms with Crippen LogP contribution in [0.4, 0.5) is 0 Å². The van der Waals surface area contributed by atoms with Crippen LogP contribution in [0, 0.1) is 6.92 Å². The van der Waals surface area contributed by atoms with E-state index in [1.54, 1.807) is 0 Å². The van der Waals surface area contributed by atoms with Crippen molar-refractivity contribution in [2.24, 2.45) is 0 Å². The highest BCUT2D eigenvalue weighted by Crippen LogP contribution is 2.28. The van der Waals surface area contributed by atoms with E-state index in [0.29, 0.717) is 0 Å².